The number of carbonyl (C=O) groups is 2. The third-order valence-electron chi connectivity index (χ3n) is 5.04. The molecule has 130 valence electrons. The molecule has 6 heteroatoms. The van der Waals surface area contributed by atoms with Crippen LogP contribution in [0.2, 0.25) is 0 Å². The maximum atomic E-state index is 11.9. The maximum absolute atomic E-state index is 11.9. The highest BCUT2D eigenvalue weighted by atomic mass is 32.1. The van der Waals surface area contributed by atoms with E-state index in [1.807, 2.05) is 24.4 Å². The van der Waals surface area contributed by atoms with Crippen molar-refractivity contribution in [3.63, 3.8) is 0 Å². The number of rotatable bonds is 4. The molecule has 2 amide bonds. The van der Waals surface area contributed by atoms with Crippen molar-refractivity contribution in [2.24, 2.45) is 0 Å². The van der Waals surface area contributed by atoms with Gasteiger partial charge in [-0.2, -0.15) is 0 Å². The summed E-state index contributed by atoms with van der Waals surface area (Å²) in [5, 5.41) is 4.46. The van der Waals surface area contributed by atoms with Gasteiger partial charge in [-0.15, -0.1) is 0 Å². The fraction of sp³-hybridized carbons (Fsp3) is 0.421. The van der Waals surface area contributed by atoms with Crippen molar-refractivity contribution in [3.05, 3.63) is 36.5 Å². The van der Waals surface area contributed by atoms with E-state index in [0.717, 1.165) is 35.7 Å². The second-order valence-corrected chi connectivity index (χ2v) is 7.73. The first-order valence-electron chi connectivity index (χ1n) is 8.83. The lowest BCUT2D eigenvalue weighted by Gasteiger charge is -2.33. The third-order valence-corrected chi connectivity index (χ3v) is 6.02. The van der Waals surface area contributed by atoms with Gasteiger partial charge in [0.1, 0.15) is 0 Å². The number of nitrogens with one attached hydrogen (secondary N) is 1. The molecule has 0 atom stereocenters. The number of hydrogen-bond acceptors (Lipinski definition) is 5. The highest BCUT2D eigenvalue weighted by molar-refractivity contribution is 7.18. The smallest absolute Gasteiger partial charge is 0.229 e. The number of aromatic nitrogens is 1. The van der Waals surface area contributed by atoms with E-state index in [1.165, 1.54) is 10.5 Å². The SMILES string of the molecule is O=C1CCC(=O)N1C1CCC(Nc2ncc(-c3ccccc3)s2)CC1. The van der Waals surface area contributed by atoms with Crippen LogP contribution in [0.3, 0.4) is 0 Å². The Morgan fingerprint density at radius 3 is 2.36 bits per heavy atom. The largest absolute Gasteiger partial charge is 0.359 e. The number of anilines is 1. The Hall–Kier alpha value is -2.21. The average molecular weight is 355 g/mol. The summed E-state index contributed by atoms with van der Waals surface area (Å²) in [4.78, 5) is 30.9. The maximum Gasteiger partial charge on any atom is 0.229 e. The number of imide groups is 1. The predicted molar refractivity (Wildman–Crippen MR) is 98.3 cm³/mol. The number of thiazole rings is 1. The Balaban J connectivity index is 1.34. The van der Waals surface area contributed by atoms with Gasteiger partial charge in [0.25, 0.3) is 0 Å². The van der Waals surface area contributed by atoms with E-state index in [9.17, 15) is 9.59 Å². The molecule has 0 radical (unpaired) electrons. The fourth-order valence-corrected chi connectivity index (χ4v) is 4.63. The van der Waals surface area contributed by atoms with Crippen LogP contribution in [0.25, 0.3) is 10.4 Å². The lowest BCUT2D eigenvalue weighted by molar-refractivity contribution is -0.141. The molecule has 2 aliphatic rings. The van der Waals surface area contributed by atoms with E-state index in [1.54, 1.807) is 11.3 Å². The van der Waals surface area contributed by atoms with Gasteiger partial charge in [0.05, 0.1) is 4.88 Å². The summed E-state index contributed by atoms with van der Waals surface area (Å²) >= 11 is 1.67. The summed E-state index contributed by atoms with van der Waals surface area (Å²) in [7, 11) is 0. The van der Waals surface area contributed by atoms with Crippen LogP contribution in [0, 0.1) is 0 Å². The molecule has 0 unspecified atom stereocenters. The van der Waals surface area contributed by atoms with Gasteiger partial charge in [-0.25, -0.2) is 4.98 Å². The van der Waals surface area contributed by atoms with Crippen molar-refractivity contribution >= 4 is 28.3 Å². The van der Waals surface area contributed by atoms with Crippen LogP contribution in [-0.4, -0.2) is 33.8 Å². The van der Waals surface area contributed by atoms with Crippen LogP contribution in [-0.2, 0) is 9.59 Å². The molecule has 1 aliphatic carbocycles. The Kier molecular flexibility index (Phi) is 4.53. The summed E-state index contributed by atoms with van der Waals surface area (Å²) in [6, 6.07) is 10.7. The lowest BCUT2D eigenvalue weighted by atomic mass is 9.90. The summed E-state index contributed by atoms with van der Waals surface area (Å²) in [6.07, 6.45) is 6.37. The molecule has 4 rings (SSSR count). The van der Waals surface area contributed by atoms with Gasteiger partial charge in [-0.05, 0) is 31.2 Å². The molecule has 2 aromatic rings. The summed E-state index contributed by atoms with van der Waals surface area (Å²) in [6.45, 7) is 0. The minimum atomic E-state index is 0.00818. The van der Waals surface area contributed by atoms with Crippen LogP contribution in [0.1, 0.15) is 38.5 Å². The molecule has 1 aromatic carbocycles. The lowest BCUT2D eigenvalue weighted by Crippen LogP contribution is -2.43. The summed E-state index contributed by atoms with van der Waals surface area (Å²) in [5.41, 5.74) is 1.18. The van der Waals surface area contributed by atoms with Crippen molar-refractivity contribution < 1.29 is 9.59 Å². The van der Waals surface area contributed by atoms with E-state index in [-0.39, 0.29) is 17.9 Å². The van der Waals surface area contributed by atoms with Crippen molar-refractivity contribution in [1.82, 2.24) is 9.88 Å². The van der Waals surface area contributed by atoms with Gasteiger partial charge in [-0.3, -0.25) is 14.5 Å². The van der Waals surface area contributed by atoms with Gasteiger partial charge < -0.3 is 5.32 Å². The fourth-order valence-electron chi connectivity index (χ4n) is 3.73. The van der Waals surface area contributed by atoms with Crippen molar-refractivity contribution in [1.29, 1.82) is 0 Å². The molecule has 1 N–H and O–H groups in total. The summed E-state index contributed by atoms with van der Waals surface area (Å²) < 4.78 is 0. The van der Waals surface area contributed by atoms with Gasteiger partial charge >= 0.3 is 0 Å². The predicted octanol–water partition coefficient (Wildman–Crippen LogP) is 3.68. The zero-order chi connectivity index (χ0) is 17.2. The molecule has 1 saturated heterocycles. The summed E-state index contributed by atoms with van der Waals surface area (Å²) in [5.74, 6) is 0.0164. The van der Waals surface area contributed by atoms with Gasteiger partial charge in [0, 0.05) is 31.1 Å². The van der Waals surface area contributed by atoms with Crippen LogP contribution >= 0.6 is 11.3 Å². The van der Waals surface area contributed by atoms with Crippen molar-refractivity contribution in [3.8, 4) is 10.4 Å². The van der Waals surface area contributed by atoms with Gasteiger partial charge in [-0.1, -0.05) is 41.7 Å². The highest BCUT2D eigenvalue weighted by Gasteiger charge is 2.36. The minimum absolute atomic E-state index is 0.00818. The molecule has 0 bridgehead atoms. The normalized spacial score (nSPS) is 23.9. The van der Waals surface area contributed by atoms with Crippen LogP contribution in [0.4, 0.5) is 5.13 Å². The monoisotopic (exact) mass is 355 g/mol. The second kappa shape index (κ2) is 6.96. The molecule has 1 saturated carbocycles. The van der Waals surface area contributed by atoms with E-state index in [2.05, 4.69) is 22.4 Å². The first-order chi connectivity index (χ1) is 12.2. The molecule has 25 heavy (non-hydrogen) atoms. The average Bonchev–Trinajstić information content (AvgIpc) is 3.23. The first kappa shape index (κ1) is 16.3. The quantitative estimate of drug-likeness (QED) is 0.850. The molecule has 0 spiro atoms. The molecule has 5 nitrogen and oxygen atoms in total. The molecule has 2 heterocycles. The van der Waals surface area contributed by atoms with Gasteiger partial charge in [0.15, 0.2) is 5.13 Å². The van der Waals surface area contributed by atoms with E-state index in [0.29, 0.717) is 18.9 Å². The molecular weight excluding hydrogens is 334 g/mol. The number of hydrogen-bond donors (Lipinski definition) is 1. The number of nitrogens with zero attached hydrogens (tertiary/aromatic N) is 2. The zero-order valence-electron chi connectivity index (χ0n) is 14.0. The van der Waals surface area contributed by atoms with E-state index >= 15 is 0 Å². The Morgan fingerprint density at radius 2 is 1.68 bits per heavy atom. The topological polar surface area (TPSA) is 62.3 Å². The molecule has 1 aliphatic heterocycles. The van der Waals surface area contributed by atoms with E-state index < -0.39 is 0 Å². The molecule has 2 fully saturated rings. The van der Waals surface area contributed by atoms with E-state index in [4.69, 9.17) is 0 Å². The number of amides is 2. The van der Waals surface area contributed by atoms with Crippen LogP contribution in [0.5, 0.6) is 0 Å². The molecular formula is C19H21N3O2S. The minimum Gasteiger partial charge on any atom is -0.359 e. The zero-order valence-corrected chi connectivity index (χ0v) is 14.8. The number of likely N-dealkylation sites (tertiary alicyclic amines) is 1. The van der Waals surface area contributed by atoms with Crippen molar-refractivity contribution in [2.45, 2.75) is 50.6 Å². The van der Waals surface area contributed by atoms with Crippen LogP contribution < -0.4 is 5.32 Å². The Labute approximate surface area is 151 Å². The Morgan fingerprint density at radius 1 is 1.00 bits per heavy atom. The highest BCUT2D eigenvalue weighted by Crippen LogP contribution is 2.32. The Bertz CT molecular complexity index is 750. The standard InChI is InChI=1S/C19H21N3O2S/c23-17-10-11-18(24)22(17)15-8-6-14(7-9-15)21-19-20-12-16(25-19)13-4-2-1-3-5-13/h1-5,12,14-15H,6-11H2,(H,20,21). The van der Waals surface area contributed by atoms with Crippen molar-refractivity contribution in [2.75, 3.05) is 5.32 Å². The molecule has 1 aromatic heterocycles. The van der Waals surface area contributed by atoms with Gasteiger partial charge in [0.2, 0.25) is 11.8 Å². The number of benzene rings is 1. The first-order valence-corrected chi connectivity index (χ1v) is 9.65. The number of carbonyl (C=O) groups excluding carboxylic acids is 2. The third kappa shape index (κ3) is 3.44. The van der Waals surface area contributed by atoms with Crippen LogP contribution in [0.15, 0.2) is 36.5 Å². The second-order valence-electron chi connectivity index (χ2n) is 6.70.